The van der Waals surface area contributed by atoms with Crippen LogP contribution in [-0.2, 0) is 0 Å². The maximum Gasteiger partial charge on any atom is 0.161 e. The Morgan fingerprint density at radius 1 is 1.24 bits per heavy atom. The van der Waals surface area contributed by atoms with Gasteiger partial charge in [0.05, 0.1) is 6.61 Å². The molecule has 1 aromatic carbocycles. The Balaban J connectivity index is 1.91. The fourth-order valence-corrected chi connectivity index (χ4v) is 1.96. The molecule has 3 nitrogen and oxygen atoms in total. The monoisotopic (exact) mass is 235 g/mol. The van der Waals surface area contributed by atoms with Gasteiger partial charge in [-0.15, -0.1) is 0 Å². The third-order valence-electron chi connectivity index (χ3n) is 3.11. The topological polar surface area (TPSA) is 30.5 Å². The van der Waals surface area contributed by atoms with Gasteiger partial charge in [0, 0.05) is 6.04 Å². The van der Waals surface area contributed by atoms with E-state index in [-0.39, 0.29) is 0 Å². The third kappa shape index (κ3) is 3.13. The number of para-hydroxylation sites is 2. The molecule has 0 unspecified atom stereocenters. The zero-order valence-electron chi connectivity index (χ0n) is 10.6. The van der Waals surface area contributed by atoms with Gasteiger partial charge in [0.25, 0.3) is 0 Å². The van der Waals surface area contributed by atoms with Gasteiger partial charge in [-0.1, -0.05) is 19.1 Å². The van der Waals surface area contributed by atoms with E-state index in [0.717, 1.165) is 37.4 Å². The Morgan fingerprint density at radius 2 is 1.94 bits per heavy atom. The van der Waals surface area contributed by atoms with Gasteiger partial charge in [-0.3, -0.25) is 0 Å². The molecule has 1 N–H and O–H groups in total. The fraction of sp³-hybridized carbons (Fsp3) is 0.571. The van der Waals surface area contributed by atoms with Crippen molar-refractivity contribution < 1.29 is 9.47 Å². The largest absolute Gasteiger partial charge is 0.490 e. The number of hydrogen-bond acceptors (Lipinski definition) is 3. The maximum absolute atomic E-state index is 5.95. The van der Waals surface area contributed by atoms with E-state index in [4.69, 9.17) is 9.47 Å². The van der Waals surface area contributed by atoms with Crippen LogP contribution in [0.2, 0.25) is 0 Å². The first-order valence-electron chi connectivity index (χ1n) is 6.39. The average Bonchev–Trinajstić information content (AvgIpc) is 2.31. The maximum atomic E-state index is 5.95. The number of ether oxygens (including phenoxy) is 2. The average molecular weight is 235 g/mol. The lowest BCUT2D eigenvalue weighted by atomic mass is 9.89. The van der Waals surface area contributed by atoms with Crippen LogP contribution in [0.5, 0.6) is 11.5 Å². The van der Waals surface area contributed by atoms with E-state index in [1.807, 2.05) is 31.3 Å². The zero-order valence-corrected chi connectivity index (χ0v) is 10.6. The van der Waals surface area contributed by atoms with Crippen molar-refractivity contribution in [3.63, 3.8) is 0 Å². The molecule has 1 fully saturated rings. The lowest BCUT2D eigenvalue weighted by molar-refractivity contribution is 0.0844. The first kappa shape index (κ1) is 12.2. The minimum atomic E-state index is 0.332. The van der Waals surface area contributed by atoms with Crippen LogP contribution in [-0.4, -0.2) is 25.8 Å². The first-order valence-corrected chi connectivity index (χ1v) is 6.39. The van der Waals surface area contributed by atoms with Crippen molar-refractivity contribution in [2.45, 2.75) is 38.3 Å². The lowest BCUT2D eigenvalue weighted by Gasteiger charge is -2.35. The Kier molecular flexibility index (Phi) is 4.26. The fourth-order valence-electron chi connectivity index (χ4n) is 1.96. The highest BCUT2D eigenvalue weighted by Gasteiger charge is 2.30. The van der Waals surface area contributed by atoms with E-state index < -0.39 is 0 Å². The SMILES string of the molecule is CCCOc1ccccc1OC1CC(NC)C1. The van der Waals surface area contributed by atoms with Crippen LogP contribution >= 0.6 is 0 Å². The molecule has 0 saturated heterocycles. The molecule has 0 heterocycles. The lowest BCUT2D eigenvalue weighted by Crippen LogP contribution is -2.45. The molecule has 1 aliphatic carbocycles. The molecule has 0 spiro atoms. The normalized spacial score (nSPS) is 22.9. The molecule has 1 aromatic rings. The Labute approximate surface area is 103 Å². The van der Waals surface area contributed by atoms with Gasteiger partial charge >= 0.3 is 0 Å². The summed E-state index contributed by atoms with van der Waals surface area (Å²) in [5.74, 6) is 1.74. The summed E-state index contributed by atoms with van der Waals surface area (Å²) in [6, 6.07) is 8.54. The molecule has 3 heteroatoms. The standard InChI is InChI=1S/C14H21NO2/c1-3-8-16-13-6-4-5-7-14(13)17-12-9-11(10-12)15-2/h4-7,11-12,15H,3,8-10H2,1-2H3. The number of rotatable bonds is 6. The second-order valence-electron chi connectivity index (χ2n) is 4.49. The van der Waals surface area contributed by atoms with Gasteiger partial charge in [-0.25, -0.2) is 0 Å². The van der Waals surface area contributed by atoms with Gasteiger partial charge in [-0.05, 0) is 38.4 Å². The summed E-state index contributed by atoms with van der Waals surface area (Å²) in [5.41, 5.74) is 0. The zero-order chi connectivity index (χ0) is 12.1. The molecule has 0 aliphatic heterocycles. The molecular formula is C14H21NO2. The number of nitrogens with one attached hydrogen (secondary N) is 1. The van der Waals surface area contributed by atoms with Crippen molar-refractivity contribution in [3.05, 3.63) is 24.3 Å². The Bertz CT molecular complexity index is 348. The summed E-state index contributed by atoms with van der Waals surface area (Å²) >= 11 is 0. The molecule has 94 valence electrons. The Hall–Kier alpha value is -1.22. The highest BCUT2D eigenvalue weighted by molar-refractivity contribution is 5.39. The molecule has 0 bridgehead atoms. The summed E-state index contributed by atoms with van der Waals surface area (Å²) in [6.07, 6.45) is 3.51. The second-order valence-corrected chi connectivity index (χ2v) is 4.49. The minimum Gasteiger partial charge on any atom is -0.490 e. The summed E-state index contributed by atoms with van der Waals surface area (Å²) < 4.78 is 11.6. The summed E-state index contributed by atoms with van der Waals surface area (Å²) in [7, 11) is 2.00. The van der Waals surface area contributed by atoms with Crippen molar-refractivity contribution in [2.75, 3.05) is 13.7 Å². The smallest absolute Gasteiger partial charge is 0.161 e. The van der Waals surface area contributed by atoms with Crippen molar-refractivity contribution in [1.82, 2.24) is 5.32 Å². The molecule has 0 aromatic heterocycles. The summed E-state index contributed by atoms with van der Waals surface area (Å²) in [6.45, 7) is 2.84. The minimum absolute atomic E-state index is 0.332. The second kappa shape index (κ2) is 5.92. The van der Waals surface area contributed by atoms with Gasteiger partial charge in [0.1, 0.15) is 6.10 Å². The van der Waals surface area contributed by atoms with Gasteiger partial charge in [0.2, 0.25) is 0 Å². The van der Waals surface area contributed by atoms with Crippen molar-refractivity contribution in [3.8, 4) is 11.5 Å². The quantitative estimate of drug-likeness (QED) is 0.822. The van der Waals surface area contributed by atoms with Crippen LogP contribution < -0.4 is 14.8 Å². The van der Waals surface area contributed by atoms with E-state index in [9.17, 15) is 0 Å². The molecule has 17 heavy (non-hydrogen) atoms. The van der Waals surface area contributed by atoms with Crippen molar-refractivity contribution >= 4 is 0 Å². The van der Waals surface area contributed by atoms with E-state index in [0.29, 0.717) is 12.1 Å². The predicted molar refractivity (Wildman–Crippen MR) is 68.7 cm³/mol. The van der Waals surface area contributed by atoms with E-state index in [2.05, 4.69) is 12.2 Å². The van der Waals surface area contributed by atoms with Crippen molar-refractivity contribution in [2.24, 2.45) is 0 Å². The Morgan fingerprint density at radius 3 is 2.59 bits per heavy atom. The van der Waals surface area contributed by atoms with Crippen LogP contribution in [0, 0.1) is 0 Å². The molecule has 0 atom stereocenters. The van der Waals surface area contributed by atoms with Gasteiger partial charge in [0.15, 0.2) is 11.5 Å². The number of benzene rings is 1. The highest BCUT2D eigenvalue weighted by Crippen LogP contribution is 2.32. The first-order chi connectivity index (χ1) is 8.33. The molecule has 0 radical (unpaired) electrons. The third-order valence-corrected chi connectivity index (χ3v) is 3.11. The van der Waals surface area contributed by atoms with E-state index in [1.165, 1.54) is 0 Å². The molecule has 0 amide bonds. The van der Waals surface area contributed by atoms with Crippen LogP contribution in [0.4, 0.5) is 0 Å². The van der Waals surface area contributed by atoms with E-state index >= 15 is 0 Å². The van der Waals surface area contributed by atoms with Crippen LogP contribution in [0.3, 0.4) is 0 Å². The van der Waals surface area contributed by atoms with E-state index in [1.54, 1.807) is 0 Å². The van der Waals surface area contributed by atoms with Gasteiger partial charge in [-0.2, -0.15) is 0 Å². The van der Waals surface area contributed by atoms with Crippen molar-refractivity contribution in [1.29, 1.82) is 0 Å². The van der Waals surface area contributed by atoms with Crippen LogP contribution in [0.15, 0.2) is 24.3 Å². The van der Waals surface area contributed by atoms with Crippen LogP contribution in [0.25, 0.3) is 0 Å². The summed E-state index contributed by atoms with van der Waals surface area (Å²) in [5, 5.41) is 3.25. The number of hydrogen-bond donors (Lipinski definition) is 1. The van der Waals surface area contributed by atoms with Crippen LogP contribution in [0.1, 0.15) is 26.2 Å². The summed E-state index contributed by atoms with van der Waals surface area (Å²) in [4.78, 5) is 0. The molecule has 1 saturated carbocycles. The van der Waals surface area contributed by atoms with Gasteiger partial charge < -0.3 is 14.8 Å². The molecule has 1 aliphatic rings. The molecular weight excluding hydrogens is 214 g/mol. The molecule has 2 rings (SSSR count). The predicted octanol–water partition coefficient (Wildman–Crippen LogP) is 2.60. The highest BCUT2D eigenvalue weighted by atomic mass is 16.5.